The molecule has 5 nitrogen and oxygen atoms in total. The maximum Gasteiger partial charge on any atom is 0.243 e. The number of benzene rings is 2. The normalized spacial score (nSPS) is 18.2. The van der Waals surface area contributed by atoms with Crippen LogP contribution in [0.2, 0.25) is 0 Å². The van der Waals surface area contributed by atoms with Crippen LogP contribution in [0.3, 0.4) is 0 Å². The van der Waals surface area contributed by atoms with Gasteiger partial charge in [-0.05, 0) is 55.7 Å². The third-order valence-electron chi connectivity index (χ3n) is 4.81. The number of carbonyl (C=O) groups excluding carboxylic acids is 1. The average molecular weight is 451 g/mol. The highest BCUT2D eigenvalue weighted by atomic mass is 79.9. The fourth-order valence-corrected chi connectivity index (χ4v) is 5.59. The molecule has 1 aliphatic rings. The number of halogens is 1. The van der Waals surface area contributed by atoms with E-state index in [0.29, 0.717) is 13.0 Å². The number of nitrogens with zero attached hydrogens (tertiary/aromatic N) is 1. The average Bonchev–Trinajstić information content (AvgIpc) is 2.65. The van der Waals surface area contributed by atoms with Crippen molar-refractivity contribution in [3.8, 4) is 0 Å². The zero-order valence-electron chi connectivity index (χ0n) is 15.2. The molecule has 3 rings (SSSR count). The molecule has 27 heavy (non-hydrogen) atoms. The van der Waals surface area contributed by atoms with Crippen molar-refractivity contribution < 1.29 is 13.2 Å². The van der Waals surface area contributed by atoms with Crippen LogP contribution in [0.5, 0.6) is 0 Å². The van der Waals surface area contributed by atoms with Crippen molar-refractivity contribution in [2.45, 2.75) is 43.5 Å². The number of piperidine rings is 1. The Morgan fingerprint density at radius 3 is 2.63 bits per heavy atom. The predicted molar refractivity (Wildman–Crippen MR) is 110 cm³/mol. The first-order valence-electron chi connectivity index (χ1n) is 9.01. The summed E-state index contributed by atoms with van der Waals surface area (Å²) in [7, 11) is -3.60. The third kappa shape index (κ3) is 4.78. The molecule has 1 N–H and O–H groups in total. The summed E-state index contributed by atoms with van der Waals surface area (Å²) in [5.74, 6) is -0.166. The molecule has 1 unspecified atom stereocenters. The Hall–Kier alpha value is -1.70. The summed E-state index contributed by atoms with van der Waals surface area (Å²) in [5, 5.41) is 2.92. The molecule has 0 radical (unpaired) electrons. The Kier molecular flexibility index (Phi) is 6.34. The maximum atomic E-state index is 13.0. The molecule has 7 heteroatoms. The summed E-state index contributed by atoms with van der Waals surface area (Å²) < 4.78 is 28.5. The lowest BCUT2D eigenvalue weighted by molar-refractivity contribution is -0.117. The van der Waals surface area contributed by atoms with Crippen LogP contribution in [0.15, 0.2) is 57.9 Å². The number of rotatable bonds is 5. The van der Waals surface area contributed by atoms with E-state index in [1.807, 2.05) is 25.1 Å². The SMILES string of the molecule is Cc1cc(Br)ccc1NC(=O)CC1CCCCN1S(=O)(=O)c1ccccc1. The molecule has 0 aromatic heterocycles. The fourth-order valence-electron chi connectivity index (χ4n) is 3.40. The van der Waals surface area contributed by atoms with Crippen molar-refractivity contribution in [2.75, 3.05) is 11.9 Å². The van der Waals surface area contributed by atoms with Gasteiger partial charge in [-0.2, -0.15) is 4.31 Å². The Bertz CT molecular complexity index is 916. The van der Waals surface area contributed by atoms with Crippen LogP contribution in [0.4, 0.5) is 5.69 Å². The van der Waals surface area contributed by atoms with Gasteiger partial charge < -0.3 is 5.32 Å². The van der Waals surface area contributed by atoms with Crippen molar-refractivity contribution in [1.82, 2.24) is 4.31 Å². The molecule has 2 aromatic carbocycles. The largest absolute Gasteiger partial charge is 0.326 e. The van der Waals surface area contributed by atoms with Gasteiger partial charge in [-0.3, -0.25) is 4.79 Å². The molecule has 1 heterocycles. The molecule has 0 bridgehead atoms. The summed E-state index contributed by atoms with van der Waals surface area (Å²) in [6.45, 7) is 2.37. The smallest absolute Gasteiger partial charge is 0.243 e. The van der Waals surface area contributed by atoms with Gasteiger partial charge in [-0.1, -0.05) is 40.5 Å². The molecule has 1 fully saturated rings. The van der Waals surface area contributed by atoms with E-state index in [4.69, 9.17) is 0 Å². The maximum absolute atomic E-state index is 13.0. The van der Waals surface area contributed by atoms with Crippen molar-refractivity contribution in [2.24, 2.45) is 0 Å². The Balaban J connectivity index is 1.75. The molecule has 2 aromatic rings. The lowest BCUT2D eigenvalue weighted by atomic mass is 10.0. The molecule has 0 aliphatic carbocycles. The topological polar surface area (TPSA) is 66.5 Å². The minimum Gasteiger partial charge on any atom is -0.326 e. The van der Waals surface area contributed by atoms with Crippen molar-refractivity contribution in [1.29, 1.82) is 0 Å². The number of carbonyl (C=O) groups is 1. The molecule has 144 valence electrons. The second-order valence-electron chi connectivity index (χ2n) is 6.79. The molecular formula is C20H23BrN2O3S. The van der Waals surface area contributed by atoms with Gasteiger partial charge in [0.25, 0.3) is 0 Å². The van der Waals surface area contributed by atoms with E-state index in [-0.39, 0.29) is 23.3 Å². The van der Waals surface area contributed by atoms with E-state index in [9.17, 15) is 13.2 Å². The Morgan fingerprint density at radius 1 is 1.19 bits per heavy atom. The molecule has 0 saturated carbocycles. The lowest BCUT2D eigenvalue weighted by Gasteiger charge is -2.34. The monoisotopic (exact) mass is 450 g/mol. The summed E-state index contributed by atoms with van der Waals surface area (Å²) in [6, 6.07) is 13.8. The van der Waals surface area contributed by atoms with Gasteiger partial charge in [0.15, 0.2) is 0 Å². The third-order valence-corrected chi connectivity index (χ3v) is 7.27. The Labute approximate surface area is 169 Å². The van der Waals surface area contributed by atoms with Crippen LogP contribution in [-0.4, -0.2) is 31.2 Å². The first kappa shape index (κ1) is 20.0. The van der Waals surface area contributed by atoms with Crippen LogP contribution >= 0.6 is 15.9 Å². The summed E-state index contributed by atoms with van der Waals surface area (Å²) in [4.78, 5) is 12.9. The van der Waals surface area contributed by atoms with Crippen molar-refractivity contribution in [3.63, 3.8) is 0 Å². The van der Waals surface area contributed by atoms with E-state index >= 15 is 0 Å². The highest BCUT2D eigenvalue weighted by molar-refractivity contribution is 9.10. The van der Waals surface area contributed by atoms with Crippen molar-refractivity contribution >= 4 is 37.5 Å². The molecule has 1 atom stereocenters. The molecule has 1 saturated heterocycles. The van der Waals surface area contributed by atoms with Crippen LogP contribution in [0.1, 0.15) is 31.2 Å². The predicted octanol–water partition coefficient (Wildman–Crippen LogP) is 4.33. The van der Waals surface area contributed by atoms with Crippen LogP contribution < -0.4 is 5.32 Å². The number of hydrogen-bond donors (Lipinski definition) is 1. The highest BCUT2D eigenvalue weighted by Gasteiger charge is 2.34. The quantitative estimate of drug-likeness (QED) is 0.736. The van der Waals surface area contributed by atoms with E-state index in [0.717, 1.165) is 28.6 Å². The summed E-state index contributed by atoms with van der Waals surface area (Å²) >= 11 is 3.41. The van der Waals surface area contributed by atoms with E-state index < -0.39 is 10.0 Å². The van der Waals surface area contributed by atoms with Gasteiger partial charge in [0.2, 0.25) is 15.9 Å². The number of amides is 1. The highest BCUT2D eigenvalue weighted by Crippen LogP contribution is 2.28. The van der Waals surface area contributed by atoms with Gasteiger partial charge in [-0.15, -0.1) is 0 Å². The molecule has 0 spiro atoms. The summed E-state index contributed by atoms with van der Waals surface area (Å²) in [5.41, 5.74) is 1.70. The van der Waals surface area contributed by atoms with E-state index in [1.54, 1.807) is 30.3 Å². The second-order valence-corrected chi connectivity index (χ2v) is 9.60. The van der Waals surface area contributed by atoms with E-state index in [1.165, 1.54) is 4.31 Å². The van der Waals surface area contributed by atoms with Gasteiger partial charge in [-0.25, -0.2) is 8.42 Å². The molecule has 1 amide bonds. The molecular weight excluding hydrogens is 428 g/mol. The van der Waals surface area contributed by atoms with Crippen LogP contribution in [0.25, 0.3) is 0 Å². The van der Waals surface area contributed by atoms with Crippen LogP contribution in [-0.2, 0) is 14.8 Å². The number of hydrogen-bond acceptors (Lipinski definition) is 3. The number of aryl methyl sites for hydroxylation is 1. The zero-order chi connectivity index (χ0) is 19.4. The minimum absolute atomic E-state index is 0.154. The number of sulfonamides is 1. The fraction of sp³-hybridized carbons (Fsp3) is 0.350. The lowest BCUT2D eigenvalue weighted by Crippen LogP contribution is -2.45. The van der Waals surface area contributed by atoms with Gasteiger partial charge >= 0.3 is 0 Å². The van der Waals surface area contributed by atoms with Gasteiger partial charge in [0, 0.05) is 29.2 Å². The first-order chi connectivity index (χ1) is 12.9. The second kappa shape index (κ2) is 8.54. The van der Waals surface area contributed by atoms with Crippen molar-refractivity contribution in [3.05, 3.63) is 58.6 Å². The molecule has 1 aliphatic heterocycles. The minimum atomic E-state index is -3.60. The van der Waals surface area contributed by atoms with Gasteiger partial charge in [0.1, 0.15) is 0 Å². The zero-order valence-corrected chi connectivity index (χ0v) is 17.6. The standard InChI is InChI=1S/C20H23BrN2O3S/c1-15-13-16(21)10-11-19(15)22-20(24)14-17-7-5-6-12-23(17)27(25,26)18-8-3-2-4-9-18/h2-4,8-11,13,17H,5-7,12,14H2,1H3,(H,22,24). The first-order valence-corrected chi connectivity index (χ1v) is 11.2. The van der Waals surface area contributed by atoms with E-state index in [2.05, 4.69) is 21.2 Å². The van der Waals surface area contributed by atoms with Gasteiger partial charge in [0.05, 0.1) is 4.90 Å². The van der Waals surface area contributed by atoms with Crippen LogP contribution in [0, 0.1) is 6.92 Å². The Morgan fingerprint density at radius 2 is 1.93 bits per heavy atom. The number of anilines is 1. The summed E-state index contributed by atoms with van der Waals surface area (Å²) in [6.07, 6.45) is 2.59. The number of nitrogens with one attached hydrogen (secondary N) is 1.